The molecule has 0 fully saturated rings. The first kappa shape index (κ1) is 19.7. The molecule has 0 saturated heterocycles. The number of methoxy groups -OCH3 is 2. The van der Waals surface area contributed by atoms with Crippen molar-refractivity contribution in [2.75, 3.05) is 33.6 Å². The van der Waals surface area contributed by atoms with E-state index < -0.39 is 7.51 Å². The Morgan fingerprint density at radius 2 is 1.33 bits per heavy atom. The zero-order valence-corrected chi connectivity index (χ0v) is 17.2. The fourth-order valence-electron chi connectivity index (χ4n) is 3.37. The summed E-state index contributed by atoms with van der Waals surface area (Å²) in [5.41, 5.74) is 2.19. The average molecular weight is 390 g/mol. The Morgan fingerprint density at radius 3 is 1.74 bits per heavy atom. The molecule has 0 unspecified atom stereocenters. The van der Waals surface area contributed by atoms with Gasteiger partial charge in [0.05, 0.1) is 27.4 Å². The van der Waals surface area contributed by atoms with E-state index in [2.05, 4.69) is 16.7 Å². The van der Waals surface area contributed by atoms with Gasteiger partial charge in [-0.15, -0.1) is 0 Å². The fraction of sp³-hybridized carbons (Fsp3) is 0.400. The Balaban J connectivity index is 2.09. The van der Waals surface area contributed by atoms with Crippen molar-refractivity contribution in [3.8, 4) is 11.5 Å². The monoisotopic (exact) mass is 390 g/mol. The summed E-state index contributed by atoms with van der Waals surface area (Å²) in [6, 6.07) is 12.1. The van der Waals surface area contributed by atoms with Gasteiger partial charge in [0.1, 0.15) is 11.5 Å². The highest BCUT2D eigenvalue weighted by atomic mass is 31.2. The van der Waals surface area contributed by atoms with Crippen molar-refractivity contribution in [2.45, 2.75) is 20.4 Å². The van der Waals surface area contributed by atoms with Gasteiger partial charge in [-0.3, -0.25) is 5.16 Å². The van der Waals surface area contributed by atoms with E-state index in [1.807, 2.05) is 38.1 Å². The van der Waals surface area contributed by atoms with Gasteiger partial charge in [-0.1, -0.05) is 0 Å². The molecular formula is C20H27N2O4P. The highest BCUT2D eigenvalue weighted by Crippen LogP contribution is 2.49. The minimum absolute atomic E-state index is 0.485. The molecule has 0 bridgehead atoms. The number of hydrogen-bond donors (Lipinski definition) is 1. The lowest BCUT2D eigenvalue weighted by Crippen LogP contribution is -2.07. The lowest BCUT2D eigenvalue weighted by Gasteiger charge is -2.21. The van der Waals surface area contributed by atoms with Crippen LogP contribution in [0.4, 0.5) is 0 Å². The zero-order valence-electron chi connectivity index (χ0n) is 16.3. The molecule has 3 rings (SSSR count). The van der Waals surface area contributed by atoms with E-state index in [1.54, 1.807) is 14.2 Å². The lowest BCUT2D eigenvalue weighted by molar-refractivity contribution is 0.255. The molecule has 3 aromatic rings. The minimum Gasteiger partial charge on any atom is -0.497 e. The van der Waals surface area contributed by atoms with Crippen LogP contribution in [0.25, 0.3) is 21.8 Å². The summed E-state index contributed by atoms with van der Waals surface area (Å²) in [6.45, 7) is 5.43. The van der Waals surface area contributed by atoms with Crippen LogP contribution in [0.5, 0.6) is 11.5 Å². The third kappa shape index (κ3) is 3.98. The molecule has 0 saturated carbocycles. The number of aryl methyl sites for hydroxylation is 1. The SMILES string of the molecule is CCOP(=N)(CCn1c2ccc(OC)cc2c2cc(OC)ccc21)OCC. The average Bonchev–Trinajstić information content (AvgIpc) is 2.99. The molecule has 1 N–H and O–H groups in total. The van der Waals surface area contributed by atoms with Gasteiger partial charge >= 0.3 is 0 Å². The summed E-state index contributed by atoms with van der Waals surface area (Å²) < 4.78 is 24.4. The Bertz CT molecular complexity index is 912. The van der Waals surface area contributed by atoms with E-state index in [0.717, 1.165) is 33.3 Å². The Morgan fingerprint density at radius 1 is 0.852 bits per heavy atom. The quantitative estimate of drug-likeness (QED) is 0.490. The number of benzene rings is 2. The van der Waals surface area contributed by atoms with Gasteiger partial charge in [0, 0.05) is 34.5 Å². The van der Waals surface area contributed by atoms with Gasteiger partial charge < -0.3 is 23.1 Å². The third-order valence-electron chi connectivity index (χ3n) is 4.57. The van der Waals surface area contributed by atoms with Crippen molar-refractivity contribution in [3.05, 3.63) is 36.4 Å². The molecule has 27 heavy (non-hydrogen) atoms. The van der Waals surface area contributed by atoms with E-state index in [9.17, 15) is 0 Å². The standard InChI is InChI=1S/C20H27N2O4P/c1-5-25-27(21,26-6-2)12-11-22-19-9-7-15(23-3)13-17(19)18-14-16(24-4)8-10-20(18)22/h7-10,13-14,21H,5-6,11-12H2,1-4H3. The molecule has 6 nitrogen and oxygen atoms in total. The van der Waals surface area contributed by atoms with Crippen molar-refractivity contribution in [1.82, 2.24) is 4.57 Å². The maximum absolute atomic E-state index is 8.58. The number of rotatable bonds is 9. The van der Waals surface area contributed by atoms with Crippen molar-refractivity contribution in [2.24, 2.45) is 0 Å². The second kappa shape index (κ2) is 8.34. The van der Waals surface area contributed by atoms with Gasteiger partial charge in [-0.2, -0.15) is 0 Å². The van der Waals surface area contributed by atoms with Crippen LogP contribution in [0.1, 0.15) is 13.8 Å². The first-order valence-electron chi connectivity index (χ1n) is 9.11. The highest BCUT2D eigenvalue weighted by molar-refractivity contribution is 7.55. The van der Waals surface area contributed by atoms with Crippen LogP contribution >= 0.6 is 7.51 Å². The zero-order chi connectivity index (χ0) is 19.4. The predicted molar refractivity (Wildman–Crippen MR) is 110 cm³/mol. The number of aromatic nitrogens is 1. The molecule has 1 aromatic heterocycles. The molecular weight excluding hydrogens is 363 g/mol. The van der Waals surface area contributed by atoms with Crippen molar-refractivity contribution in [3.63, 3.8) is 0 Å². The number of nitrogens with one attached hydrogen (secondary N) is 1. The second-order valence-electron chi connectivity index (χ2n) is 6.15. The first-order chi connectivity index (χ1) is 13.0. The topological polar surface area (TPSA) is 65.7 Å². The van der Waals surface area contributed by atoms with Gasteiger partial charge in [0.15, 0.2) is 0 Å². The van der Waals surface area contributed by atoms with E-state index in [4.69, 9.17) is 23.7 Å². The summed E-state index contributed by atoms with van der Waals surface area (Å²) in [7, 11) is 0.724. The van der Waals surface area contributed by atoms with Gasteiger partial charge in [0.2, 0.25) is 7.51 Å². The number of ether oxygens (including phenoxy) is 2. The van der Waals surface area contributed by atoms with Crippen molar-refractivity contribution < 1.29 is 18.5 Å². The normalized spacial score (nSPS) is 12.0. The highest BCUT2D eigenvalue weighted by Gasteiger charge is 2.20. The Labute approximate surface area is 160 Å². The maximum Gasteiger partial charge on any atom is 0.211 e. The van der Waals surface area contributed by atoms with Crippen molar-refractivity contribution in [1.29, 1.82) is 5.16 Å². The van der Waals surface area contributed by atoms with Crippen molar-refractivity contribution >= 4 is 29.3 Å². The van der Waals surface area contributed by atoms with E-state index in [1.165, 1.54) is 0 Å². The van der Waals surface area contributed by atoms with Crippen LogP contribution in [0.2, 0.25) is 0 Å². The molecule has 1 heterocycles. The predicted octanol–water partition coefficient (Wildman–Crippen LogP) is 5.49. The molecule has 0 radical (unpaired) electrons. The van der Waals surface area contributed by atoms with Crippen LogP contribution in [0.15, 0.2) is 36.4 Å². The molecule has 0 aliphatic rings. The Hall–Kier alpha value is -2.01. The summed E-state index contributed by atoms with van der Waals surface area (Å²) in [5.74, 6) is 1.63. The van der Waals surface area contributed by atoms with Gasteiger partial charge in [-0.25, -0.2) is 0 Å². The number of hydrogen-bond acceptors (Lipinski definition) is 5. The second-order valence-corrected chi connectivity index (χ2v) is 8.46. The van der Waals surface area contributed by atoms with Gasteiger partial charge in [-0.05, 0) is 50.2 Å². The molecule has 0 amide bonds. The number of fused-ring (bicyclic) bond motifs is 3. The summed E-state index contributed by atoms with van der Waals surface area (Å²) in [5, 5.41) is 10.8. The molecule has 146 valence electrons. The first-order valence-corrected chi connectivity index (χ1v) is 10.9. The Kier molecular flexibility index (Phi) is 6.10. The minimum atomic E-state index is -2.62. The van der Waals surface area contributed by atoms with Crippen LogP contribution in [0.3, 0.4) is 0 Å². The maximum atomic E-state index is 8.58. The summed E-state index contributed by atoms with van der Waals surface area (Å²) in [6.07, 6.45) is 0.533. The molecule has 2 aromatic carbocycles. The molecule has 7 heteroatoms. The molecule has 0 atom stereocenters. The van der Waals surface area contributed by atoms with Crippen LogP contribution < -0.4 is 9.47 Å². The molecule has 0 aliphatic carbocycles. The fourth-order valence-corrected chi connectivity index (χ4v) is 5.00. The van der Waals surface area contributed by atoms with E-state index >= 15 is 0 Å². The van der Waals surface area contributed by atoms with E-state index in [0.29, 0.717) is 25.9 Å². The smallest absolute Gasteiger partial charge is 0.211 e. The molecule has 0 spiro atoms. The van der Waals surface area contributed by atoms with E-state index in [-0.39, 0.29) is 0 Å². The largest absolute Gasteiger partial charge is 0.497 e. The van der Waals surface area contributed by atoms with Crippen LogP contribution in [0, 0.1) is 5.16 Å². The molecule has 0 aliphatic heterocycles. The third-order valence-corrected chi connectivity index (χ3v) is 6.71. The summed E-state index contributed by atoms with van der Waals surface area (Å²) in [4.78, 5) is 0. The van der Waals surface area contributed by atoms with Crippen LogP contribution in [-0.2, 0) is 15.6 Å². The number of nitrogens with zero attached hydrogens (tertiary/aromatic N) is 1. The lowest BCUT2D eigenvalue weighted by atomic mass is 10.1. The van der Waals surface area contributed by atoms with Gasteiger partial charge in [0.25, 0.3) is 0 Å². The summed E-state index contributed by atoms with van der Waals surface area (Å²) >= 11 is 0. The van der Waals surface area contributed by atoms with Crippen LogP contribution in [-0.4, -0.2) is 38.2 Å².